The molecule has 0 aliphatic rings. The molecule has 0 radical (unpaired) electrons. The zero-order valence-electron chi connectivity index (χ0n) is 13.4. The number of hydrogen-bond acceptors (Lipinski definition) is 2. The van der Waals surface area contributed by atoms with Gasteiger partial charge in [0.15, 0.2) is 0 Å². The molecule has 1 amide bonds. The van der Waals surface area contributed by atoms with Gasteiger partial charge in [-0.25, -0.2) is 0 Å². The number of amides is 1. The van der Waals surface area contributed by atoms with Crippen LogP contribution in [-0.2, 0) is 4.79 Å². The van der Waals surface area contributed by atoms with Crippen LogP contribution in [0.1, 0.15) is 38.8 Å². The molecule has 20 heavy (non-hydrogen) atoms. The van der Waals surface area contributed by atoms with Crippen molar-refractivity contribution in [3.8, 4) is 0 Å². The van der Waals surface area contributed by atoms with Gasteiger partial charge in [-0.1, -0.05) is 49.8 Å². The number of carbonyl (C=O) groups excluding carboxylic acids is 1. The van der Waals surface area contributed by atoms with Crippen LogP contribution in [-0.4, -0.2) is 19.3 Å². The zero-order valence-corrected chi connectivity index (χ0v) is 13.4. The summed E-state index contributed by atoms with van der Waals surface area (Å²) in [6, 6.07) is 7.86. The molecular formula is C16H27N3O. The zero-order chi connectivity index (χ0) is 15.8. The van der Waals surface area contributed by atoms with Gasteiger partial charge >= 0.3 is 0 Å². The van der Waals surface area contributed by atoms with Crippen LogP contribution >= 0.6 is 0 Å². The summed E-state index contributed by atoms with van der Waals surface area (Å²) in [6.45, 7) is 10.0. The van der Waals surface area contributed by atoms with E-state index in [1.807, 2.05) is 71.0 Å². The van der Waals surface area contributed by atoms with Crippen molar-refractivity contribution in [3.63, 3.8) is 0 Å². The Morgan fingerprint density at radius 3 is 2.20 bits per heavy atom. The van der Waals surface area contributed by atoms with E-state index in [4.69, 9.17) is 0 Å². The molecule has 0 unspecified atom stereocenters. The van der Waals surface area contributed by atoms with E-state index in [2.05, 4.69) is 15.8 Å². The summed E-state index contributed by atoms with van der Waals surface area (Å²) in [6.07, 6.45) is 4.57. The number of hydrogen-bond donors (Lipinski definition) is 2. The smallest absolute Gasteiger partial charge is 0.225 e. The fourth-order valence-electron chi connectivity index (χ4n) is 1.15. The molecule has 0 bridgehead atoms. The van der Waals surface area contributed by atoms with Crippen molar-refractivity contribution in [2.24, 2.45) is 4.99 Å². The Bertz CT molecular complexity index is 408. The van der Waals surface area contributed by atoms with Gasteiger partial charge < -0.3 is 0 Å². The molecule has 0 atom stereocenters. The van der Waals surface area contributed by atoms with Crippen LogP contribution in [0.25, 0.3) is 0 Å². The van der Waals surface area contributed by atoms with Crippen LogP contribution in [0.4, 0.5) is 0 Å². The van der Waals surface area contributed by atoms with E-state index < -0.39 is 0 Å². The van der Waals surface area contributed by atoms with Crippen LogP contribution in [0.15, 0.2) is 41.4 Å². The summed E-state index contributed by atoms with van der Waals surface area (Å²) in [4.78, 5) is 14.1. The molecule has 1 rings (SSSR count). The molecule has 4 heteroatoms. The summed E-state index contributed by atoms with van der Waals surface area (Å²) in [5.41, 5.74) is 7.15. The molecule has 0 heterocycles. The fraction of sp³-hybridized carbons (Fsp3) is 0.375. The van der Waals surface area contributed by atoms with Crippen LogP contribution in [0.3, 0.4) is 0 Å². The number of aliphatic imine (C=N–C) groups is 1. The predicted octanol–water partition coefficient (Wildman–Crippen LogP) is 3.23. The highest BCUT2D eigenvalue weighted by Crippen LogP contribution is 2.03. The molecule has 0 fully saturated rings. The molecule has 1 aromatic rings. The average Bonchev–Trinajstić information content (AvgIpc) is 2.50. The van der Waals surface area contributed by atoms with Gasteiger partial charge in [0, 0.05) is 12.6 Å². The minimum Gasteiger partial charge on any atom is -0.282 e. The normalized spacial score (nSPS) is 9.80. The number of amidine groups is 1. The molecule has 4 nitrogen and oxygen atoms in total. The number of rotatable bonds is 3. The maximum atomic E-state index is 10.1. The SMILES string of the molecule is C/C=C\C.CC.CN=C(NNC=O)c1cccc(C)c1. The Hall–Kier alpha value is -2.10. The number of aryl methyl sites for hydroxylation is 1. The standard InChI is InChI=1S/C10H13N3O.C4H8.C2H6/c1-8-4-3-5-9(6-8)10(11-2)13-12-7-14;1-3-4-2;1-2/h3-7H,1-2H3,(H,11,13)(H,12,14);3-4H,1-2H3;1-2H3/b;4-3-;. The van der Waals surface area contributed by atoms with E-state index in [1.54, 1.807) is 7.05 Å². The third kappa shape index (κ3) is 9.88. The van der Waals surface area contributed by atoms with Crippen molar-refractivity contribution in [2.45, 2.75) is 34.6 Å². The molecule has 0 aliphatic carbocycles. The molecule has 0 spiro atoms. The number of carbonyl (C=O) groups is 1. The number of nitrogens with one attached hydrogen (secondary N) is 2. The molecule has 0 aromatic heterocycles. The minimum absolute atomic E-state index is 0.570. The largest absolute Gasteiger partial charge is 0.282 e. The van der Waals surface area contributed by atoms with Crippen molar-refractivity contribution >= 4 is 12.2 Å². The maximum Gasteiger partial charge on any atom is 0.225 e. The van der Waals surface area contributed by atoms with Crippen molar-refractivity contribution in [1.29, 1.82) is 0 Å². The van der Waals surface area contributed by atoms with Gasteiger partial charge in [-0.3, -0.25) is 20.6 Å². The van der Waals surface area contributed by atoms with Crippen LogP contribution < -0.4 is 10.9 Å². The van der Waals surface area contributed by atoms with Gasteiger partial charge in [0.1, 0.15) is 5.84 Å². The summed E-state index contributed by atoms with van der Waals surface area (Å²) in [7, 11) is 1.66. The second-order valence-corrected chi connectivity index (χ2v) is 3.50. The lowest BCUT2D eigenvalue weighted by molar-refractivity contribution is -0.110. The van der Waals surface area contributed by atoms with Crippen LogP contribution in [0.5, 0.6) is 0 Å². The highest BCUT2D eigenvalue weighted by atomic mass is 16.1. The molecular weight excluding hydrogens is 250 g/mol. The Balaban J connectivity index is 0. The van der Waals surface area contributed by atoms with Gasteiger partial charge in [0.05, 0.1) is 0 Å². The Kier molecular flexibility index (Phi) is 15.1. The van der Waals surface area contributed by atoms with E-state index in [1.165, 1.54) is 0 Å². The lowest BCUT2D eigenvalue weighted by Crippen LogP contribution is -2.36. The first-order valence-corrected chi connectivity index (χ1v) is 6.75. The van der Waals surface area contributed by atoms with E-state index in [0.29, 0.717) is 12.2 Å². The summed E-state index contributed by atoms with van der Waals surface area (Å²) >= 11 is 0. The molecule has 0 aliphatic heterocycles. The highest BCUT2D eigenvalue weighted by Gasteiger charge is 2.00. The Morgan fingerprint density at radius 2 is 1.80 bits per heavy atom. The van der Waals surface area contributed by atoms with Gasteiger partial charge in [-0.15, -0.1) is 0 Å². The number of nitrogens with zero attached hydrogens (tertiary/aromatic N) is 1. The first kappa shape index (κ1) is 20.2. The Morgan fingerprint density at radius 1 is 1.20 bits per heavy atom. The summed E-state index contributed by atoms with van der Waals surface area (Å²) in [5, 5.41) is 0. The van der Waals surface area contributed by atoms with Crippen molar-refractivity contribution in [2.75, 3.05) is 7.05 Å². The predicted molar refractivity (Wildman–Crippen MR) is 87.8 cm³/mol. The quantitative estimate of drug-likeness (QED) is 0.293. The second-order valence-electron chi connectivity index (χ2n) is 3.50. The van der Waals surface area contributed by atoms with Crippen molar-refractivity contribution in [3.05, 3.63) is 47.5 Å². The molecule has 1 aromatic carbocycles. The average molecular weight is 277 g/mol. The topological polar surface area (TPSA) is 53.5 Å². The van der Waals surface area contributed by atoms with Crippen LogP contribution in [0, 0.1) is 6.92 Å². The highest BCUT2D eigenvalue weighted by molar-refractivity contribution is 5.98. The third-order valence-electron chi connectivity index (χ3n) is 2.10. The number of hydrazine groups is 1. The Labute approximate surface area is 123 Å². The number of allylic oxidation sites excluding steroid dienone is 2. The first-order valence-electron chi connectivity index (χ1n) is 6.75. The molecule has 2 N–H and O–H groups in total. The van der Waals surface area contributed by atoms with E-state index in [9.17, 15) is 4.79 Å². The fourth-order valence-corrected chi connectivity index (χ4v) is 1.15. The van der Waals surface area contributed by atoms with Crippen LogP contribution in [0.2, 0.25) is 0 Å². The monoisotopic (exact) mass is 277 g/mol. The minimum atomic E-state index is 0.570. The van der Waals surface area contributed by atoms with E-state index in [0.717, 1.165) is 11.1 Å². The third-order valence-corrected chi connectivity index (χ3v) is 2.10. The van der Waals surface area contributed by atoms with Gasteiger partial charge in [-0.05, 0) is 26.8 Å². The number of benzene rings is 1. The van der Waals surface area contributed by atoms with Crippen molar-refractivity contribution in [1.82, 2.24) is 10.9 Å². The molecule has 0 saturated heterocycles. The van der Waals surface area contributed by atoms with E-state index >= 15 is 0 Å². The summed E-state index contributed by atoms with van der Waals surface area (Å²) in [5.74, 6) is 0.640. The second kappa shape index (κ2) is 15.0. The lowest BCUT2D eigenvalue weighted by atomic mass is 10.1. The lowest BCUT2D eigenvalue weighted by Gasteiger charge is -2.07. The van der Waals surface area contributed by atoms with Gasteiger partial charge in [-0.2, -0.15) is 0 Å². The molecule has 112 valence electrons. The molecule has 0 saturated carbocycles. The van der Waals surface area contributed by atoms with E-state index in [-0.39, 0.29) is 0 Å². The van der Waals surface area contributed by atoms with Gasteiger partial charge in [0.25, 0.3) is 0 Å². The van der Waals surface area contributed by atoms with Crippen molar-refractivity contribution < 1.29 is 4.79 Å². The van der Waals surface area contributed by atoms with Gasteiger partial charge in [0.2, 0.25) is 6.41 Å². The first-order chi connectivity index (χ1) is 9.69. The maximum absolute atomic E-state index is 10.1. The summed E-state index contributed by atoms with van der Waals surface area (Å²) < 4.78 is 0.